The molecule has 0 bridgehead atoms. The summed E-state index contributed by atoms with van der Waals surface area (Å²) in [4.78, 5) is 1.27. The standard InChI is InChI=1S/C23H22ClF9N2/c1-2-6-34-12-14-3-4-18(11-19(14)24)35-7-5-20(13-35,23(31,32)33)15-8-16(21(25,26)27)10-17(9-15)22(28,29)30/h3-4,8-11,34H,2,5-7,12-13H2,1H3. The molecule has 0 aromatic heterocycles. The number of alkyl halides is 9. The Morgan fingerprint density at radius 2 is 1.51 bits per heavy atom. The van der Waals surface area contributed by atoms with Gasteiger partial charge in [-0.1, -0.05) is 24.6 Å². The molecule has 1 aliphatic rings. The van der Waals surface area contributed by atoms with E-state index >= 15 is 0 Å². The number of rotatable bonds is 6. The van der Waals surface area contributed by atoms with Crippen LogP contribution < -0.4 is 10.2 Å². The second kappa shape index (κ2) is 9.72. The molecular formula is C23H22ClF9N2. The smallest absolute Gasteiger partial charge is 0.370 e. The first kappa shape index (κ1) is 27.4. The summed E-state index contributed by atoms with van der Waals surface area (Å²) in [7, 11) is 0. The Hall–Kier alpha value is -2.14. The molecule has 35 heavy (non-hydrogen) atoms. The fourth-order valence-electron chi connectivity index (χ4n) is 4.17. The van der Waals surface area contributed by atoms with Crippen molar-refractivity contribution in [1.82, 2.24) is 5.32 Å². The summed E-state index contributed by atoms with van der Waals surface area (Å²) < 4.78 is 123. The van der Waals surface area contributed by atoms with Crippen LogP contribution >= 0.6 is 11.6 Å². The Morgan fingerprint density at radius 3 is 2.00 bits per heavy atom. The zero-order valence-corrected chi connectivity index (χ0v) is 19.2. The van der Waals surface area contributed by atoms with E-state index in [9.17, 15) is 39.5 Å². The average Bonchev–Trinajstić information content (AvgIpc) is 3.20. The van der Waals surface area contributed by atoms with Crippen molar-refractivity contribution in [3.8, 4) is 0 Å². The molecule has 0 amide bonds. The molecule has 1 aliphatic heterocycles. The fraction of sp³-hybridized carbons (Fsp3) is 0.478. The van der Waals surface area contributed by atoms with Gasteiger partial charge in [-0.25, -0.2) is 0 Å². The summed E-state index contributed by atoms with van der Waals surface area (Å²) in [5, 5.41) is 3.43. The lowest BCUT2D eigenvalue weighted by Gasteiger charge is -2.33. The number of hydrogen-bond acceptors (Lipinski definition) is 2. The molecule has 12 heteroatoms. The molecule has 1 unspecified atom stereocenters. The summed E-state index contributed by atoms with van der Waals surface area (Å²) >= 11 is 6.27. The normalized spacial score (nSPS) is 19.5. The lowest BCUT2D eigenvalue weighted by atomic mass is 9.77. The third-order valence-electron chi connectivity index (χ3n) is 6.10. The van der Waals surface area contributed by atoms with E-state index in [1.807, 2.05) is 6.92 Å². The largest absolute Gasteiger partial charge is 0.416 e. The monoisotopic (exact) mass is 532 g/mol. The van der Waals surface area contributed by atoms with Crippen molar-refractivity contribution in [1.29, 1.82) is 0 Å². The Morgan fingerprint density at radius 1 is 0.914 bits per heavy atom. The predicted octanol–water partition coefficient (Wildman–Crippen LogP) is 7.59. The van der Waals surface area contributed by atoms with Crippen LogP contribution in [0.1, 0.15) is 42.0 Å². The molecule has 1 heterocycles. The van der Waals surface area contributed by atoms with E-state index in [1.54, 1.807) is 6.07 Å². The van der Waals surface area contributed by atoms with Crippen LogP contribution in [0.2, 0.25) is 5.02 Å². The third-order valence-corrected chi connectivity index (χ3v) is 6.45. The lowest BCUT2D eigenvalue weighted by Crippen LogP contribution is -2.45. The summed E-state index contributed by atoms with van der Waals surface area (Å²) in [6.07, 6.45) is -15.4. The first-order chi connectivity index (χ1) is 16.1. The molecule has 0 radical (unpaired) electrons. The zero-order chi connectivity index (χ0) is 26.2. The van der Waals surface area contributed by atoms with Gasteiger partial charge in [-0.2, -0.15) is 39.5 Å². The van der Waals surface area contributed by atoms with Crippen LogP contribution in [0.15, 0.2) is 36.4 Å². The molecule has 0 aliphatic carbocycles. The highest BCUT2D eigenvalue weighted by molar-refractivity contribution is 6.31. The highest BCUT2D eigenvalue weighted by atomic mass is 35.5. The van der Waals surface area contributed by atoms with E-state index in [2.05, 4.69) is 5.32 Å². The molecular weight excluding hydrogens is 511 g/mol. The Balaban J connectivity index is 2.02. The van der Waals surface area contributed by atoms with Gasteiger partial charge in [0.2, 0.25) is 0 Å². The molecule has 0 spiro atoms. The van der Waals surface area contributed by atoms with Gasteiger partial charge in [0.15, 0.2) is 0 Å². The lowest BCUT2D eigenvalue weighted by molar-refractivity contribution is -0.185. The van der Waals surface area contributed by atoms with Crippen LogP contribution in [0.5, 0.6) is 0 Å². The second-order valence-electron chi connectivity index (χ2n) is 8.50. The maximum Gasteiger partial charge on any atom is 0.416 e. The van der Waals surface area contributed by atoms with E-state index in [0.717, 1.165) is 13.0 Å². The number of anilines is 1. The molecule has 0 saturated carbocycles. The van der Waals surface area contributed by atoms with Gasteiger partial charge in [0.05, 0.1) is 11.1 Å². The molecule has 1 saturated heterocycles. The van der Waals surface area contributed by atoms with Gasteiger partial charge in [0, 0.05) is 30.3 Å². The van der Waals surface area contributed by atoms with Crippen LogP contribution in [0.25, 0.3) is 0 Å². The van der Waals surface area contributed by atoms with E-state index in [1.165, 1.54) is 17.0 Å². The summed E-state index contributed by atoms with van der Waals surface area (Å²) in [6.45, 7) is 2.05. The number of nitrogens with one attached hydrogen (secondary N) is 1. The molecule has 2 aromatic rings. The summed E-state index contributed by atoms with van der Waals surface area (Å²) in [5.74, 6) is 0. The van der Waals surface area contributed by atoms with Crippen molar-refractivity contribution in [2.75, 3.05) is 24.5 Å². The molecule has 2 nitrogen and oxygen atoms in total. The summed E-state index contributed by atoms with van der Waals surface area (Å²) in [6, 6.07) is 4.77. The van der Waals surface area contributed by atoms with Gasteiger partial charge in [0.25, 0.3) is 0 Å². The number of hydrogen-bond donors (Lipinski definition) is 1. The SMILES string of the molecule is CCCNCc1ccc(N2CCC(c3cc(C(F)(F)F)cc(C(F)(F)F)c3)(C(F)(F)F)C2)cc1Cl. The number of halogens is 10. The van der Waals surface area contributed by atoms with Crippen LogP contribution in [0.3, 0.4) is 0 Å². The molecule has 1 fully saturated rings. The van der Waals surface area contributed by atoms with Gasteiger partial charge >= 0.3 is 18.5 Å². The third kappa shape index (κ3) is 5.82. The van der Waals surface area contributed by atoms with Crippen molar-refractivity contribution < 1.29 is 39.5 Å². The first-order valence-corrected chi connectivity index (χ1v) is 11.1. The average molecular weight is 533 g/mol. The minimum Gasteiger partial charge on any atom is -0.370 e. The van der Waals surface area contributed by atoms with Crippen molar-refractivity contribution in [2.24, 2.45) is 0 Å². The number of benzene rings is 2. The van der Waals surface area contributed by atoms with E-state index < -0.39 is 53.6 Å². The second-order valence-corrected chi connectivity index (χ2v) is 8.91. The molecule has 2 aromatic carbocycles. The zero-order valence-electron chi connectivity index (χ0n) is 18.4. The van der Waals surface area contributed by atoms with Crippen molar-refractivity contribution in [2.45, 2.75) is 50.3 Å². The van der Waals surface area contributed by atoms with Crippen molar-refractivity contribution in [3.05, 3.63) is 63.7 Å². The highest BCUT2D eigenvalue weighted by Crippen LogP contribution is 2.50. The maximum absolute atomic E-state index is 14.3. The van der Waals surface area contributed by atoms with Gasteiger partial charge in [-0.15, -0.1) is 0 Å². The minimum atomic E-state index is -5.25. The Bertz CT molecular complexity index is 1010. The van der Waals surface area contributed by atoms with Gasteiger partial charge in [-0.3, -0.25) is 0 Å². The fourth-order valence-corrected chi connectivity index (χ4v) is 4.41. The van der Waals surface area contributed by atoms with Crippen LogP contribution in [-0.2, 0) is 24.3 Å². The predicted molar refractivity (Wildman–Crippen MR) is 114 cm³/mol. The Labute approximate surface area is 201 Å². The maximum atomic E-state index is 14.3. The van der Waals surface area contributed by atoms with Crippen LogP contribution in [0.4, 0.5) is 45.2 Å². The topological polar surface area (TPSA) is 15.3 Å². The summed E-state index contributed by atoms with van der Waals surface area (Å²) in [5.41, 5.74) is -6.56. The minimum absolute atomic E-state index is 0.168. The molecule has 194 valence electrons. The van der Waals surface area contributed by atoms with Gasteiger partial charge in [-0.05, 0) is 60.8 Å². The number of nitrogens with zero attached hydrogens (tertiary/aromatic N) is 1. The van der Waals surface area contributed by atoms with E-state index in [4.69, 9.17) is 11.6 Å². The van der Waals surface area contributed by atoms with Crippen LogP contribution in [-0.4, -0.2) is 25.8 Å². The van der Waals surface area contributed by atoms with Crippen LogP contribution in [0, 0.1) is 0 Å². The van der Waals surface area contributed by atoms with Crippen molar-refractivity contribution >= 4 is 17.3 Å². The molecule has 1 N–H and O–H groups in total. The van der Waals surface area contributed by atoms with Crippen molar-refractivity contribution in [3.63, 3.8) is 0 Å². The first-order valence-electron chi connectivity index (χ1n) is 10.7. The van der Waals surface area contributed by atoms with E-state index in [-0.39, 0.29) is 29.8 Å². The quantitative estimate of drug-likeness (QED) is 0.305. The molecule has 3 rings (SSSR count). The molecule has 1 atom stereocenters. The van der Waals surface area contributed by atoms with Gasteiger partial charge < -0.3 is 10.2 Å². The highest BCUT2D eigenvalue weighted by Gasteiger charge is 2.60. The van der Waals surface area contributed by atoms with E-state index in [0.29, 0.717) is 17.8 Å². The Kier molecular flexibility index (Phi) is 7.63. The van der Waals surface area contributed by atoms with Gasteiger partial charge in [0.1, 0.15) is 5.41 Å².